The highest BCUT2D eigenvalue weighted by Crippen LogP contribution is 2.37. The van der Waals surface area contributed by atoms with Gasteiger partial charge in [0.2, 0.25) is 5.91 Å². The Bertz CT molecular complexity index is 633. The summed E-state index contributed by atoms with van der Waals surface area (Å²) < 4.78 is 0. The first kappa shape index (κ1) is 16.8. The van der Waals surface area contributed by atoms with Crippen LogP contribution in [0, 0.1) is 0 Å². The lowest BCUT2D eigenvalue weighted by atomic mass is 9.85. The van der Waals surface area contributed by atoms with Crippen molar-refractivity contribution < 1.29 is 9.59 Å². The highest BCUT2D eigenvalue weighted by atomic mass is 16.2. The smallest absolute Gasteiger partial charge is 0.315 e. The topological polar surface area (TPSA) is 70.2 Å². The van der Waals surface area contributed by atoms with E-state index in [9.17, 15) is 9.59 Å². The van der Waals surface area contributed by atoms with Gasteiger partial charge in [-0.25, -0.2) is 4.79 Å². The number of carbonyl (C=O) groups excluding carboxylic acids is 2. The van der Waals surface area contributed by atoms with Gasteiger partial charge in [0.15, 0.2) is 0 Å². The van der Waals surface area contributed by atoms with Crippen molar-refractivity contribution >= 4 is 17.6 Å². The van der Waals surface area contributed by atoms with E-state index in [2.05, 4.69) is 22.0 Å². The average Bonchev–Trinajstić information content (AvgIpc) is 2.78. The fourth-order valence-corrected chi connectivity index (χ4v) is 3.58. The van der Waals surface area contributed by atoms with Crippen molar-refractivity contribution in [1.82, 2.24) is 10.6 Å². The Hall–Kier alpha value is -2.04. The Labute approximate surface area is 143 Å². The van der Waals surface area contributed by atoms with Crippen molar-refractivity contribution in [2.24, 2.45) is 0 Å². The molecular weight excluding hydrogens is 302 g/mol. The van der Waals surface area contributed by atoms with Crippen LogP contribution < -0.4 is 16.0 Å². The molecule has 0 saturated heterocycles. The van der Waals surface area contributed by atoms with Crippen molar-refractivity contribution in [2.45, 2.75) is 63.8 Å². The van der Waals surface area contributed by atoms with Crippen molar-refractivity contribution in [1.29, 1.82) is 0 Å². The first-order chi connectivity index (χ1) is 11.5. The molecule has 0 spiro atoms. The molecule has 130 valence electrons. The third kappa shape index (κ3) is 3.55. The minimum atomic E-state index is -0.489. The molecule has 3 rings (SSSR count). The number of anilines is 1. The quantitative estimate of drug-likeness (QED) is 0.794. The molecule has 1 aliphatic carbocycles. The van der Waals surface area contributed by atoms with E-state index in [4.69, 9.17) is 0 Å². The molecule has 2 aliphatic rings. The Morgan fingerprint density at radius 1 is 1.25 bits per heavy atom. The van der Waals surface area contributed by atoms with Crippen LogP contribution in [0.1, 0.15) is 57.1 Å². The van der Waals surface area contributed by atoms with E-state index in [1.165, 1.54) is 19.3 Å². The van der Waals surface area contributed by atoms with E-state index in [1.807, 2.05) is 26.0 Å². The molecule has 0 atom stereocenters. The molecule has 1 fully saturated rings. The lowest BCUT2D eigenvalue weighted by molar-refractivity contribution is -0.119. The number of hydrogen-bond acceptors (Lipinski definition) is 2. The second kappa shape index (κ2) is 6.83. The number of rotatable bonds is 4. The molecule has 0 radical (unpaired) electrons. The van der Waals surface area contributed by atoms with Crippen LogP contribution in [0.5, 0.6) is 0 Å². The van der Waals surface area contributed by atoms with Crippen LogP contribution in [0.4, 0.5) is 10.5 Å². The predicted octanol–water partition coefficient (Wildman–Crippen LogP) is 3.09. The fraction of sp³-hybridized carbons (Fsp3) is 0.579. The molecule has 0 aromatic heterocycles. The molecule has 1 heterocycles. The third-order valence-electron chi connectivity index (χ3n) is 5.21. The summed E-state index contributed by atoms with van der Waals surface area (Å²) in [7, 11) is 0. The molecule has 1 aromatic rings. The van der Waals surface area contributed by atoms with Gasteiger partial charge in [-0.1, -0.05) is 31.4 Å². The van der Waals surface area contributed by atoms with E-state index in [0.717, 1.165) is 36.1 Å². The predicted molar refractivity (Wildman–Crippen MR) is 95.2 cm³/mol. The molecule has 3 N–H and O–H groups in total. The largest absolute Gasteiger partial charge is 0.338 e. The van der Waals surface area contributed by atoms with E-state index in [1.54, 1.807) is 0 Å². The number of carbonyl (C=O) groups is 2. The van der Waals surface area contributed by atoms with Crippen LogP contribution >= 0.6 is 0 Å². The van der Waals surface area contributed by atoms with Gasteiger partial charge < -0.3 is 16.0 Å². The summed E-state index contributed by atoms with van der Waals surface area (Å²) >= 11 is 0. The number of hydrogen-bond donors (Lipinski definition) is 3. The van der Waals surface area contributed by atoms with Crippen molar-refractivity contribution in [3.63, 3.8) is 0 Å². The van der Waals surface area contributed by atoms with Gasteiger partial charge in [0.1, 0.15) is 0 Å². The minimum Gasteiger partial charge on any atom is -0.338 e. The Morgan fingerprint density at radius 3 is 2.75 bits per heavy atom. The van der Waals surface area contributed by atoms with Gasteiger partial charge in [-0.05, 0) is 50.3 Å². The number of amides is 3. The molecule has 1 aromatic carbocycles. The fourth-order valence-electron chi connectivity index (χ4n) is 3.58. The normalized spacial score (nSPS) is 19.5. The standard InChI is InChI=1S/C19H27N3O2/c1-19(2)15-12-13(8-9-16(15)22-17(19)23)10-11-20-18(24)21-14-6-4-3-5-7-14/h8-9,12,14H,3-7,10-11H2,1-2H3,(H,22,23)(H2,20,21,24). The second-order valence-corrected chi connectivity index (χ2v) is 7.44. The van der Waals surface area contributed by atoms with Gasteiger partial charge in [-0.2, -0.15) is 0 Å². The van der Waals surface area contributed by atoms with Gasteiger partial charge >= 0.3 is 6.03 Å². The molecule has 0 bridgehead atoms. The summed E-state index contributed by atoms with van der Waals surface area (Å²) in [6.07, 6.45) is 6.65. The zero-order valence-corrected chi connectivity index (χ0v) is 14.6. The van der Waals surface area contributed by atoms with E-state index < -0.39 is 5.41 Å². The number of nitrogens with one attached hydrogen (secondary N) is 3. The van der Waals surface area contributed by atoms with Crippen LogP contribution in [0.3, 0.4) is 0 Å². The molecule has 5 heteroatoms. The summed E-state index contributed by atoms with van der Waals surface area (Å²) in [5, 5.41) is 8.92. The molecule has 24 heavy (non-hydrogen) atoms. The van der Waals surface area contributed by atoms with Crippen molar-refractivity contribution in [3.05, 3.63) is 29.3 Å². The van der Waals surface area contributed by atoms with Gasteiger partial charge in [0.05, 0.1) is 5.41 Å². The summed E-state index contributed by atoms with van der Waals surface area (Å²) in [5.74, 6) is 0.0413. The van der Waals surface area contributed by atoms with Crippen LogP contribution in [0.15, 0.2) is 18.2 Å². The van der Waals surface area contributed by atoms with Crippen LogP contribution in [-0.4, -0.2) is 24.5 Å². The van der Waals surface area contributed by atoms with E-state index in [0.29, 0.717) is 12.6 Å². The molecule has 1 aliphatic heterocycles. The molecule has 1 saturated carbocycles. The van der Waals surface area contributed by atoms with Crippen molar-refractivity contribution in [2.75, 3.05) is 11.9 Å². The molecule has 3 amide bonds. The SMILES string of the molecule is CC1(C)C(=O)Nc2ccc(CCNC(=O)NC3CCCCC3)cc21. The molecule has 0 unspecified atom stereocenters. The highest BCUT2D eigenvalue weighted by Gasteiger charge is 2.38. The lowest BCUT2D eigenvalue weighted by Crippen LogP contribution is -2.43. The third-order valence-corrected chi connectivity index (χ3v) is 5.21. The van der Waals surface area contributed by atoms with Gasteiger partial charge in [-0.3, -0.25) is 4.79 Å². The van der Waals surface area contributed by atoms with Gasteiger partial charge in [0, 0.05) is 18.3 Å². The lowest BCUT2D eigenvalue weighted by Gasteiger charge is -2.22. The first-order valence-corrected chi connectivity index (χ1v) is 8.96. The molecular formula is C19H27N3O2. The Morgan fingerprint density at radius 2 is 2.00 bits per heavy atom. The highest BCUT2D eigenvalue weighted by molar-refractivity contribution is 6.05. The summed E-state index contributed by atoms with van der Waals surface area (Å²) in [6.45, 7) is 4.47. The monoisotopic (exact) mass is 329 g/mol. The number of benzene rings is 1. The summed E-state index contributed by atoms with van der Waals surface area (Å²) in [5.41, 5.74) is 2.58. The number of fused-ring (bicyclic) bond motifs is 1. The second-order valence-electron chi connectivity index (χ2n) is 7.44. The summed E-state index contributed by atoms with van der Waals surface area (Å²) in [4.78, 5) is 23.9. The van der Waals surface area contributed by atoms with Crippen LogP contribution in [0.2, 0.25) is 0 Å². The maximum Gasteiger partial charge on any atom is 0.315 e. The Kier molecular flexibility index (Phi) is 4.78. The van der Waals surface area contributed by atoms with Crippen molar-refractivity contribution in [3.8, 4) is 0 Å². The van der Waals surface area contributed by atoms with Gasteiger partial charge in [-0.15, -0.1) is 0 Å². The maximum absolute atomic E-state index is 12.0. The zero-order chi connectivity index (χ0) is 17.2. The van der Waals surface area contributed by atoms with Crippen LogP contribution in [-0.2, 0) is 16.6 Å². The average molecular weight is 329 g/mol. The Balaban J connectivity index is 1.50. The van der Waals surface area contributed by atoms with Gasteiger partial charge in [0.25, 0.3) is 0 Å². The van der Waals surface area contributed by atoms with Crippen LogP contribution in [0.25, 0.3) is 0 Å². The minimum absolute atomic E-state index is 0.0413. The maximum atomic E-state index is 12.0. The summed E-state index contributed by atoms with van der Waals surface area (Å²) in [6, 6.07) is 6.31. The van der Waals surface area contributed by atoms with E-state index >= 15 is 0 Å². The van der Waals surface area contributed by atoms with E-state index in [-0.39, 0.29) is 11.9 Å². The molecule has 5 nitrogen and oxygen atoms in total. The first-order valence-electron chi connectivity index (χ1n) is 8.96. The zero-order valence-electron chi connectivity index (χ0n) is 14.6. The number of urea groups is 1.